The van der Waals surface area contributed by atoms with Crippen LogP contribution in [0.2, 0.25) is 5.02 Å². The standard InChI is InChI=1S/C26H22ClF3N4O6S/c1-3-25(35)34(24-8-7-18(14-31-24)41(36,37)33-23-9-10-40-32-23)21-13-20(27)19(12-22(21)38-2)16-5-4-6-17(11-16)39-15-26(28,29)30/h4-14H,3,15H2,1-2H3,(H,32,33). The predicted molar refractivity (Wildman–Crippen MR) is 144 cm³/mol. The van der Waals surface area contributed by atoms with Crippen molar-refractivity contribution < 1.29 is 40.4 Å². The predicted octanol–water partition coefficient (Wildman–Crippen LogP) is 6.22. The van der Waals surface area contributed by atoms with Crippen molar-refractivity contribution in [1.29, 1.82) is 0 Å². The van der Waals surface area contributed by atoms with E-state index in [4.69, 9.17) is 21.1 Å². The van der Waals surface area contributed by atoms with Crippen LogP contribution in [0.5, 0.6) is 11.5 Å². The van der Waals surface area contributed by atoms with E-state index in [1.165, 1.54) is 66.8 Å². The summed E-state index contributed by atoms with van der Waals surface area (Å²) < 4.78 is 80.4. The second kappa shape index (κ2) is 12.1. The number of pyridine rings is 1. The number of hydrogen-bond acceptors (Lipinski definition) is 8. The molecule has 2 aromatic heterocycles. The number of amides is 1. The topological polar surface area (TPSA) is 124 Å². The first kappa shape index (κ1) is 29.7. The number of halogens is 4. The Bertz CT molecular complexity index is 1630. The molecule has 0 saturated carbocycles. The van der Waals surface area contributed by atoms with Gasteiger partial charge < -0.3 is 14.0 Å². The summed E-state index contributed by atoms with van der Waals surface area (Å²) in [6.45, 7) is 0.175. The molecule has 0 saturated heterocycles. The smallest absolute Gasteiger partial charge is 0.422 e. The van der Waals surface area contributed by atoms with Gasteiger partial charge in [-0.3, -0.25) is 14.4 Å². The van der Waals surface area contributed by atoms with Gasteiger partial charge in [0, 0.05) is 24.2 Å². The van der Waals surface area contributed by atoms with Crippen LogP contribution in [0.25, 0.3) is 11.1 Å². The number of hydrogen-bond donors (Lipinski definition) is 1. The van der Waals surface area contributed by atoms with Gasteiger partial charge in [0.15, 0.2) is 12.4 Å². The third-order valence-electron chi connectivity index (χ3n) is 5.55. The van der Waals surface area contributed by atoms with E-state index in [1.807, 2.05) is 0 Å². The molecule has 0 bridgehead atoms. The molecule has 2 heterocycles. The fourth-order valence-corrected chi connectivity index (χ4v) is 4.89. The van der Waals surface area contributed by atoms with Crippen LogP contribution in [0.4, 0.5) is 30.5 Å². The summed E-state index contributed by atoms with van der Waals surface area (Å²) in [4.78, 5) is 18.3. The number of sulfonamides is 1. The summed E-state index contributed by atoms with van der Waals surface area (Å²) in [7, 11) is -2.68. The minimum Gasteiger partial charge on any atom is -0.495 e. The molecule has 0 aliphatic heterocycles. The van der Waals surface area contributed by atoms with Gasteiger partial charge in [-0.2, -0.15) is 13.2 Å². The van der Waals surface area contributed by atoms with Gasteiger partial charge in [0.2, 0.25) is 5.91 Å². The lowest BCUT2D eigenvalue weighted by molar-refractivity contribution is -0.153. The molecule has 0 fully saturated rings. The van der Waals surface area contributed by atoms with Gasteiger partial charge in [-0.05, 0) is 42.0 Å². The number of ether oxygens (including phenoxy) is 2. The van der Waals surface area contributed by atoms with Gasteiger partial charge >= 0.3 is 6.18 Å². The number of aromatic nitrogens is 2. The molecule has 2 aromatic carbocycles. The first-order valence-corrected chi connectivity index (χ1v) is 13.7. The van der Waals surface area contributed by atoms with Crippen molar-refractivity contribution in [3.63, 3.8) is 0 Å². The molecular weight excluding hydrogens is 589 g/mol. The van der Waals surface area contributed by atoms with Gasteiger partial charge in [0.1, 0.15) is 28.5 Å². The molecule has 41 heavy (non-hydrogen) atoms. The highest BCUT2D eigenvalue weighted by molar-refractivity contribution is 7.92. The summed E-state index contributed by atoms with van der Waals surface area (Å²) in [5, 5.41) is 3.66. The Balaban J connectivity index is 1.69. The maximum Gasteiger partial charge on any atom is 0.422 e. The molecular formula is C26H22ClF3N4O6S. The highest BCUT2D eigenvalue weighted by Gasteiger charge is 2.29. The van der Waals surface area contributed by atoms with Crippen LogP contribution in [0.1, 0.15) is 13.3 Å². The van der Waals surface area contributed by atoms with Crippen molar-refractivity contribution in [2.45, 2.75) is 24.4 Å². The van der Waals surface area contributed by atoms with Crippen molar-refractivity contribution in [2.24, 2.45) is 0 Å². The molecule has 0 aliphatic carbocycles. The van der Waals surface area contributed by atoms with E-state index in [1.54, 1.807) is 13.0 Å². The van der Waals surface area contributed by atoms with E-state index in [2.05, 4.69) is 19.4 Å². The average molecular weight is 611 g/mol. The van der Waals surface area contributed by atoms with Crippen molar-refractivity contribution >= 4 is 44.9 Å². The van der Waals surface area contributed by atoms with Gasteiger partial charge in [-0.1, -0.05) is 35.8 Å². The number of anilines is 3. The Morgan fingerprint density at radius 3 is 2.54 bits per heavy atom. The van der Waals surface area contributed by atoms with Gasteiger partial charge in [-0.15, -0.1) is 0 Å². The van der Waals surface area contributed by atoms with Crippen LogP contribution in [0.3, 0.4) is 0 Å². The molecule has 216 valence electrons. The second-order valence-electron chi connectivity index (χ2n) is 8.36. The highest BCUT2D eigenvalue weighted by Crippen LogP contribution is 2.42. The van der Waals surface area contributed by atoms with Crippen LogP contribution in [0, 0.1) is 0 Å². The van der Waals surface area contributed by atoms with E-state index in [0.29, 0.717) is 11.1 Å². The molecule has 4 aromatic rings. The number of benzene rings is 2. The van der Waals surface area contributed by atoms with Crippen LogP contribution >= 0.6 is 11.6 Å². The zero-order chi connectivity index (χ0) is 29.8. The van der Waals surface area contributed by atoms with Gasteiger partial charge in [0.25, 0.3) is 10.0 Å². The Morgan fingerprint density at radius 2 is 1.93 bits per heavy atom. The Morgan fingerprint density at radius 1 is 1.15 bits per heavy atom. The van der Waals surface area contributed by atoms with E-state index >= 15 is 0 Å². The molecule has 0 aliphatic rings. The van der Waals surface area contributed by atoms with Crippen LogP contribution in [-0.4, -0.2) is 44.4 Å². The normalized spacial score (nSPS) is 11.7. The highest BCUT2D eigenvalue weighted by atomic mass is 35.5. The molecule has 0 radical (unpaired) electrons. The summed E-state index contributed by atoms with van der Waals surface area (Å²) in [5.41, 5.74) is 1.06. The summed E-state index contributed by atoms with van der Waals surface area (Å²) >= 11 is 6.59. The molecule has 1 N–H and O–H groups in total. The lowest BCUT2D eigenvalue weighted by atomic mass is 10.0. The molecule has 0 atom stereocenters. The number of nitrogens with zero attached hydrogens (tertiary/aromatic N) is 3. The molecule has 10 nitrogen and oxygen atoms in total. The fraction of sp³-hybridized carbons (Fsp3) is 0.192. The Labute approximate surface area is 237 Å². The van der Waals surface area contributed by atoms with E-state index < -0.39 is 28.7 Å². The van der Waals surface area contributed by atoms with Crippen molar-refractivity contribution in [3.8, 4) is 22.6 Å². The molecule has 1 amide bonds. The van der Waals surface area contributed by atoms with Gasteiger partial charge in [0.05, 0.1) is 17.8 Å². The minimum absolute atomic E-state index is 0.0148. The largest absolute Gasteiger partial charge is 0.495 e. The maximum atomic E-state index is 13.1. The fourth-order valence-electron chi connectivity index (χ4n) is 3.69. The third-order valence-corrected chi connectivity index (χ3v) is 7.20. The summed E-state index contributed by atoms with van der Waals surface area (Å²) in [5.74, 6) is -0.160. The van der Waals surface area contributed by atoms with E-state index in [0.717, 1.165) is 6.20 Å². The summed E-state index contributed by atoms with van der Waals surface area (Å²) in [6.07, 6.45) is -2.17. The third kappa shape index (κ3) is 7.08. The van der Waals surface area contributed by atoms with Gasteiger partial charge in [-0.25, -0.2) is 13.4 Å². The number of carbonyl (C=O) groups is 1. The van der Waals surface area contributed by atoms with Crippen LogP contribution in [-0.2, 0) is 14.8 Å². The minimum atomic E-state index is -4.50. The quantitative estimate of drug-likeness (QED) is 0.225. The van der Waals surface area contributed by atoms with Crippen LogP contribution in [0.15, 0.2) is 76.5 Å². The lowest BCUT2D eigenvalue weighted by Crippen LogP contribution is -2.26. The van der Waals surface area contributed by atoms with Crippen molar-refractivity contribution in [3.05, 3.63) is 72.1 Å². The molecule has 0 spiro atoms. The van der Waals surface area contributed by atoms with Crippen molar-refractivity contribution in [2.75, 3.05) is 23.3 Å². The lowest BCUT2D eigenvalue weighted by Gasteiger charge is -2.24. The summed E-state index contributed by atoms with van der Waals surface area (Å²) in [6, 6.07) is 12.8. The zero-order valence-corrected chi connectivity index (χ0v) is 23.0. The Kier molecular flexibility index (Phi) is 8.73. The average Bonchev–Trinajstić information content (AvgIpc) is 3.44. The number of alkyl halides is 3. The number of nitrogens with one attached hydrogen (secondary N) is 1. The van der Waals surface area contributed by atoms with E-state index in [9.17, 15) is 26.4 Å². The molecule has 4 rings (SSSR count). The van der Waals surface area contributed by atoms with E-state index in [-0.39, 0.29) is 45.2 Å². The zero-order valence-electron chi connectivity index (χ0n) is 21.5. The number of carbonyl (C=O) groups excluding carboxylic acids is 1. The first-order chi connectivity index (χ1) is 19.4. The number of methoxy groups -OCH3 is 1. The Hall–Kier alpha value is -4.30. The van der Waals surface area contributed by atoms with Crippen LogP contribution < -0.4 is 19.1 Å². The monoisotopic (exact) mass is 610 g/mol. The molecule has 0 unspecified atom stereocenters. The SMILES string of the molecule is CCC(=O)N(c1ccc(S(=O)(=O)Nc2ccon2)cn1)c1cc(Cl)c(-c2cccc(OCC(F)(F)F)c2)cc1OC. The second-order valence-corrected chi connectivity index (χ2v) is 10.5. The van der Waals surface area contributed by atoms with Crippen molar-refractivity contribution in [1.82, 2.24) is 10.1 Å². The molecule has 15 heteroatoms. The number of rotatable bonds is 10. The first-order valence-electron chi connectivity index (χ1n) is 11.8. The maximum absolute atomic E-state index is 13.1.